The van der Waals surface area contributed by atoms with Gasteiger partial charge in [-0.1, -0.05) is 97.4 Å². The van der Waals surface area contributed by atoms with Gasteiger partial charge in [-0.3, -0.25) is 9.59 Å². The second-order valence-corrected chi connectivity index (χ2v) is 21.4. The van der Waals surface area contributed by atoms with Crippen LogP contribution in [0.25, 0.3) is 44.5 Å². The molecule has 2 aromatic heterocycles. The first-order valence-electron chi connectivity index (χ1n) is 24.7. The highest BCUT2D eigenvalue weighted by molar-refractivity contribution is 5.89. The number of likely N-dealkylation sites (tertiary alicyclic amines) is 2. The van der Waals surface area contributed by atoms with Crippen LogP contribution in [0, 0.1) is 29.1 Å². The number of hydrogen-bond acceptors (Lipinski definition) is 8. The molecule has 0 spiro atoms. The molecule has 3 fully saturated rings. The molecule has 4 N–H and O–H groups in total. The number of benzene rings is 3. The van der Waals surface area contributed by atoms with Crippen LogP contribution in [0.1, 0.15) is 128 Å². The molecular weight excluding hydrogens is 857 g/mol. The van der Waals surface area contributed by atoms with E-state index in [9.17, 15) is 19.2 Å². The number of carbonyl (C=O) groups excluding carboxylic acids is 4. The molecule has 14 heteroatoms. The highest BCUT2D eigenvalue weighted by atomic mass is 16.5. The lowest BCUT2D eigenvalue weighted by atomic mass is 9.59. The van der Waals surface area contributed by atoms with Crippen LogP contribution in [0.4, 0.5) is 9.59 Å². The zero-order valence-corrected chi connectivity index (χ0v) is 41.1. The van der Waals surface area contributed by atoms with Crippen molar-refractivity contribution in [2.75, 3.05) is 27.3 Å². The Kier molecular flexibility index (Phi) is 12.9. The van der Waals surface area contributed by atoms with Crippen molar-refractivity contribution in [2.45, 2.75) is 123 Å². The zero-order valence-electron chi connectivity index (χ0n) is 41.1. The highest BCUT2D eigenvalue weighted by Crippen LogP contribution is 2.55. The van der Waals surface area contributed by atoms with Gasteiger partial charge in [0.2, 0.25) is 11.8 Å². The van der Waals surface area contributed by atoms with Gasteiger partial charge in [0.1, 0.15) is 23.7 Å². The Balaban J connectivity index is 0.994. The summed E-state index contributed by atoms with van der Waals surface area (Å²) in [5, 5.41) is 5.51. The van der Waals surface area contributed by atoms with Crippen LogP contribution in [0.15, 0.2) is 60.8 Å². The molecule has 8 atom stereocenters. The van der Waals surface area contributed by atoms with Gasteiger partial charge in [0.25, 0.3) is 0 Å². The highest BCUT2D eigenvalue weighted by Gasteiger charge is 2.43. The van der Waals surface area contributed by atoms with Gasteiger partial charge in [-0.05, 0) is 125 Å². The molecule has 5 aromatic rings. The lowest BCUT2D eigenvalue weighted by molar-refractivity contribution is -0.136. The molecule has 9 rings (SSSR count). The molecule has 1 saturated carbocycles. The minimum Gasteiger partial charge on any atom is -0.453 e. The molecule has 2 aliphatic heterocycles. The largest absolute Gasteiger partial charge is 0.453 e. The fourth-order valence-corrected chi connectivity index (χ4v) is 11.9. The fourth-order valence-electron chi connectivity index (χ4n) is 11.9. The predicted octanol–water partition coefficient (Wildman–Crippen LogP) is 10.1. The van der Waals surface area contributed by atoms with Crippen LogP contribution in [0.2, 0.25) is 0 Å². The van der Waals surface area contributed by atoms with Gasteiger partial charge in [-0.2, -0.15) is 0 Å². The number of alkyl carbamates (subject to hydrolysis) is 2. The molecule has 360 valence electrons. The summed E-state index contributed by atoms with van der Waals surface area (Å²) >= 11 is 0. The topological polar surface area (TPSA) is 175 Å². The molecule has 2 bridgehead atoms. The molecule has 4 amide bonds. The second-order valence-electron chi connectivity index (χ2n) is 21.4. The average Bonchev–Trinajstić information content (AvgIpc) is 4.14. The molecule has 68 heavy (non-hydrogen) atoms. The first kappa shape index (κ1) is 46.9. The summed E-state index contributed by atoms with van der Waals surface area (Å²) in [6, 6.07) is 18.1. The van der Waals surface area contributed by atoms with Gasteiger partial charge in [0.05, 0.1) is 49.2 Å². The Hall–Kier alpha value is -6.18. The van der Waals surface area contributed by atoms with Crippen molar-refractivity contribution in [2.24, 2.45) is 29.1 Å². The molecular formula is C54H68N8O6. The number of aromatic nitrogens is 4. The number of methoxy groups -OCH3 is 2. The number of hydrogen-bond donors (Lipinski definition) is 4. The number of carbonyl (C=O) groups is 4. The van der Waals surface area contributed by atoms with E-state index in [1.54, 1.807) is 0 Å². The SMILES string of the molecule is COC(=O)NC(C(=O)N1CC(C)CC1c1ncc(-c2ccc(-c3ccc(-c4ccc5nc(C6CC(C)CN6C(=O)C(NC(=O)OC)C(C)C)[nH]c5c4)c4c3CC3(C)CCCC4C3)cc2)[nH]1)C(C)C. The summed E-state index contributed by atoms with van der Waals surface area (Å²) in [4.78, 5) is 73.1. The maximum absolute atomic E-state index is 14.0. The van der Waals surface area contributed by atoms with Gasteiger partial charge in [0.15, 0.2) is 0 Å². The van der Waals surface area contributed by atoms with Gasteiger partial charge >= 0.3 is 12.2 Å². The van der Waals surface area contributed by atoms with E-state index in [0.717, 1.165) is 58.8 Å². The minimum atomic E-state index is -0.704. The maximum Gasteiger partial charge on any atom is 0.407 e. The first-order chi connectivity index (χ1) is 32.5. The number of aromatic amines is 2. The molecule has 0 radical (unpaired) electrons. The normalized spacial score (nSPS) is 24.2. The number of amides is 4. The summed E-state index contributed by atoms with van der Waals surface area (Å²) in [7, 11) is 2.62. The van der Waals surface area contributed by atoms with Crippen molar-refractivity contribution in [3.8, 4) is 33.5 Å². The van der Waals surface area contributed by atoms with Crippen molar-refractivity contribution in [3.63, 3.8) is 0 Å². The summed E-state index contributed by atoms with van der Waals surface area (Å²) in [5.41, 5.74) is 11.7. The van der Waals surface area contributed by atoms with E-state index in [0.29, 0.717) is 19.0 Å². The van der Waals surface area contributed by atoms with Gasteiger partial charge in [-0.15, -0.1) is 0 Å². The van der Waals surface area contributed by atoms with Crippen molar-refractivity contribution in [1.82, 2.24) is 40.4 Å². The fraction of sp³-hybridized carbons (Fsp3) is 0.519. The van der Waals surface area contributed by atoms with Crippen LogP contribution >= 0.6 is 0 Å². The molecule has 3 aromatic carbocycles. The average molecular weight is 925 g/mol. The molecule has 8 unspecified atom stereocenters. The minimum absolute atomic E-state index is 0.115. The first-order valence-corrected chi connectivity index (χ1v) is 24.7. The third-order valence-corrected chi connectivity index (χ3v) is 15.4. The summed E-state index contributed by atoms with van der Waals surface area (Å²) in [6.07, 6.45) is 8.02. The molecule has 4 aliphatic rings. The molecule has 14 nitrogen and oxygen atoms in total. The number of fused-ring (bicyclic) bond motifs is 5. The van der Waals surface area contributed by atoms with Gasteiger partial charge in [-0.25, -0.2) is 19.6 Å². The van der Waals surface area contributed by atoms with E-state index in [2.05, 4.69) is 96.0 Å². The van der Waals surface area contributed by atoms with Gasteiger partial charge < -0.3 is 39.9 Å². The van der Waals surface area contributed by atoms with E-state index in [-0.39, 0.29) is 53.0 Å². The summed E-state index contributed by atoms with van der Waals surface area (Å²) in [5.74, 6) is 2.04. The lowest BCUT2D eigenvalue weighted by Crippen LogP contribution is -2.51. The summed E-state index contributed by atoms with van der Waals surface area (Å²) < 4.78 is 9.69. The van der Waals surface area contributed by atoms with Crippen molar-refractivity contribution < 1.29 is 28.7 Å². The Morgan fingerprint density at radius 3 is 1.93 bits per heavy atom. The number of imidazole rings is 2. The Labute approximate surface area is 399 Å². The van der Waals surface area contributed by atoms with Crippen LogP contribution in [0.5, 0.6) is 0 Å². The monoisotopic (exact) mass is 925 g/mol. The maximum atomic E-state index is 14.0. The predicted molar refractivity (Wildman–Crippen MR) is 262 cm³/mol. The molecule has 2 aliphatic carbocycles. The number of rotatable bonds is 11. The van der Waals surface area contributed by atoms with Crippen molar-refractivity contribution in [1.29, 1.82) is 0 Å². The lowest BCUT2D eigenvalue weighted by Gasteiger charge is -2.45. The van der Waals surface area contributed by atoms with Gasteiger partial charge in [0, 0.05) is 13.1 Å². The standard InChI is InChI=1S/C54H68N8O6/c1-29(2)46(59-52(65)67-8)50(63)61-27-31(5)21-43(61)48-55-26-42(58-48)34-14-12-33(13-15-34)37-17-18-38(45-36-11-10-20-54(7,24-36)25-39(37)45)35-16-19-40-41(23-35)57-49(56-40)44-22-32(6)28-62(44)51(64)47(30(3)4)60-53(66)68-9/h12-19,23,26,29-32,36,43-44,46-47H,10-11,20-22,24-25,27-28H2,1-9H3,(H,55,58)(H,56,57)(H,59,65)(H,60,66). The quantitative estimate of drug-likeness (QED) is 0.101. The Bertz CT molecular complexity index is 2710. The van der Waals surface area contributed by atoms with E-state index < -0.39 is 24.3 Å². The molecule has 4 heterocycles. The number of nitrogens with one attached hydrogen (secondary N) is 4. The molecule has 2 saturated heterocycles. The number of nitrogens with zero attached hydrogens (tertiary/aromatic N) is 4. The van der Waals surface area contributed by atoms with E-state index >= 15 is 0 Å². The Morgan fingerprint density at radius 2 is 1.32 bits per heavy atom. The third kappa shape index (κ3) is 8.98. The van der Waals surface area contributed by atoms with E-state index in [4.69, 9.17) is 19.4 Å². The van der Waals surface area contributed by atoms with Crippen molar-refractivity contribution >= 4 is 35.0 Å². The van der Waals surface area contributed by atoms with E-state index in [1.807, 2.05) is 43.7 Å². The van der Waals surface area contributed by atoms with Crippen LogP contribution in [-0.2, 0) is 25.5 Å². The van der Waals surface area contributed by atoms with E-state index in [1.165, 1.54) is 67.7 Å². The smallest absolute Gasteiger partial charge is 0.407 e. The second kappa shape index (κ2) is 18.7. The van der Waals surface area contributed by atoms with Crippen LogP contribution in [0.3, 0.4) is 0 Å². The Morgan fingerprint density at radius 1 is 0.750 bits per heavy atom. The van der Waals surface area contributed by atoms with Crippen LogP contribution < -0.4 is 10.6 Å². The zero-order chi connectivity index (χ0) is 48.2. The van der Waals surface area contributed by atoms with Crippen LogP contribution in [-0.4, -0.2) is 93.1 Å². The third-order valence-electron chi connectivity index (χ3n) is 15.4. The number of H-pyrrole nitrogens is 2. The number of ether oxygens (including phenoxy) is 2. The summed E-state index contributed by atoms with van der Waals surface area (Å²) in [6.45, 7) is 15.6. The van der Waals surface area contributed by atoms with Crippen molar-refractivity contribution in [3.05, 3.63) is 83.6 Å².